The van der Waals surface area contributed by atoms with Crippen LogP contribution in [0.1, 0.15) is 61.1 Å². The first-order valence-corrected chi connectivity index (χ1v) is 11.5. The van der Waals surface area contributed by atoms with Crippen LogP contribution in [0.4, 0.5) is 11.5 Å². The van der Waals surface area contributed by atoms with Crippen molar-refractivity contribution in [2.75, 3.05) is 23.3 Å². The molecule has 1 aliphatic rings. The molecule has 1 aliphatic heterocycles. The number of hydrogen-bond acceptors (Lipinski definition) is 5. The maximum atomic E-state index is 13.2. The highest BCUT2D eigenvalue weighted by Crippen LogP contribution is 2.34. The quantitative estimate of drug-likeness (QED) is 0.538. The summed E-state index contributed by atoms with van der Waals surface area (Å²) in [5.74, 6) is -0.490. The number of hydrogen-bond donors (Lipinski definition) is 2. The Hall–Kier alpha value is -3.06. The normalized spacial score (nSPS) is 16.6. The Labute approximate surface area is 198 Å². The van der Waals surface area contributed by atoms with Crippen LogP contribution in [0.5, 0.6) is 0 Å². The van der Waals surface area contributed by atoms with Crippen LogP contribution >= 0.6 is 11.6 Å². The number of piperidine rings is 1. The predicted molar refractivity (Wildman–Crippen MR) is 132 cm³/mol. The molecule has 1 unspecified atom stereocenters. The highest BCUT2D eigenvalue weighted by atomic mass is 35.5. The third kappa shape index (κ3) is 4.55. The van der Waals surface area contributed by atoms with E-state index in [1.807, 2.05) is 19.9 Å². The molecule has 0 spiro atoms. The maximum Gasteiger partial charge on any atom is 0.337 e. The Kier molecular flexibility index (Phi) is 6.10. The molecule has 0 aliphatic carbocycles. The number of halogens is 1. The second-order valence-corrected chi connectivity index (χ2v) is 9.97. The zero-order chi connectivity index (χ0) is 23.9. The van der Waals surface area contributed by atoms with Gasteiger partial charge in [-0.05, 0) is 55.9 Å². The van der Waals surface area contributed by atoms with Gasteiger partial charge in [-0.25, -0.2) is 9.78 Å². The van der Waals surface area contributed by atoms with E-state index in [2.05, 4.69) is 24.1 Å². The smallest absolute Gasteiger partial charge is 0.337 e. The molecule has 1 fully saturated rings. The summed E-state index contributed by atoms with van der Waals surface area (Å²) in [6.07, 6.45) is 3.73. The van der Waals surface area contributed by atoms with Gasteiger partial charge in [0.25, 0.3) is 5.56 Å². The van der Waals surface area contributed by atoms with Gasteiger partial charge in [0.2, 0.25) is 0 Å². The number of anilines is 2. The Bertz CT molecular complexity index is 1270. The number of aryl methyl sites for hydroxylation is 1. The standard InChI is InChI=1S/C25H29ClN4O3/c1-15-13-18(16(2)27-19-8-6-5-7-17(19)24(32)33)21-28-22(20(26)23(31)30(21)14-15)29-11-9-25(3,4)10-12-29/h5-8,13-14,16,27H,9-12H2,1-4H3,(H,32,33). The van der Waals surface area contributed by atoms with E-state index in [0.717, 1.165) is 37.1 Å². The van der Waals surface area contributed by atoms with E-state index >= 15 is 0 Å². The first-order chi connectivity index (χ1) is 15.6. The lowest BCUT2D eigenvalue weighted by Gasteiger charge is -2.37. The molecule has 3 aromatic rings. The number of benzene rings is 1. The number of carbonyl (C=O) groups is 1. The van der Waals surface area contributed by atoms with E-state index in [1.54, 1.807) is 30.5 Å². The van der Waals surface area contributed by atoms with Gasteiger partial charge in [0.15, 0.2) is 5.82 Å². The lowest BCUT2D eigenvalue weighted by molar-refractivity contribution is 0.0698. The van der Waals surface area contributed by atoms with E-state index in [-0.39, 0.29) is 27.6 Å². The van der Waals surface area contributed by atoms with Crippen molar-refractivity contribution in [1.29, 1.82) is 0 Å². The SMILES string of the molecule is Cc1cc(C(C)Nc2ccccc2C(=O)O)c2nc(N3CCC(C)(C)CC3)c(Cl)c(=O)n2c1. The first kappa shape index (κ1) is 23.1. The molecule has 3 heterocycles. The van der Waals surface area contributed by atoms with Gasteiger partial charge < -0.3 is 15.3 Å². The highest BCUT2D eigenvalue weighted by Gasteiger charge is 2.28. The summed E-state index contributed by atoms with van der Waals surface area (Å²) in [6, 6.07) is 8.44. The molecule has 33 heavy (non-hydrogen) atoms. The molecule has 1 aromatic carbocycles. The van der Waals surface area contributed by atoms with Gasteiger partial charge in [-0.1, -0.05) is 37.6 Å². The Balaban J connectivity index is 1.80. The molecule has 1 atom stereocenters. The van der Waals surface area contributed by atoms with Gasteiger partial charge >= 0.3 is 5.97 Å². The number of carboxylic acid groups (broad SMARTS) is 1. The van der Waals surface area contributed by atoms with Crippen molar-refractivity contribution in [3.63, 3.8) is 0 Å². The van der Waals surface area contributed by atoms with Crippen molar-refractivity contribution in [1.82, 2.24) is 9.38 Å². The first-order valence-electron chi connectivity index (χ1n) is 11.1. The topological polar surface area (TPSA) is 86.9 Å². The van der Waals surface area contributed by atoms with E-state index in [0.29, 0.717) is 17.2 Å². The number of rotatable bonds is 5. The van der Waals surface area contributed by atoms with Gasteiger partial charge in [0, 0.05) is 30.5 Å². The fraction of sp³-hybridized carbons (Fsp3) is 0.400. The Morgan fingerprint density at radius 1 is 1.24 bits per heavy atom. The average Bonchev–Trinajstić information content (AvgIpc) is 2.76. The minimum atomic E-state index is -1.00. The second kappa shape index (κ2) is 8.71. The third-order valence-corrected chi connectivity index (χ3v) is 6.76. The summed E-state index contributed by atoms with van der Waals surface area (Å²) < 4.78 is 1.49. The molecular formula is C25H29ClN4O3. The van der Waals surface area contributed by atoms with E-state index < -0.39 is 5.97 Å². The molecule has 174 valence electrons. The minimum Gasteiger partial charge on any atom is -0.478 e. The fourth-order valence-corrected chi connectivity index (χ4v) is 4.59. The van der Waals surface area contributed by atoms with Crippen molar-refractivity contribution < 1.29 is 9.90 Å². The lowest BCUT2D eigenvalue weighted by Crippen LogP contribution is -2.39. The zero-order valence-corrected chi connectivity index (χ0v) is 20.1. The van der Waals surface area contributed by atoms with Gasteiger partial charge in [-0.15, -0.1) is 0 Å². The van der Waals surface area contributed by atoms with Crippen LogP contribution in [0.25, 0.3) is 5.65 Å². The van der Waals surface area contributed by atoms with Crippen LogP contribution in [0.3, 0.4) is 0 Å². The fourth-order valence-electron chi connectivity index (χ4n) is 4.33. The predicted octanol–water partition coefficient (Wildman–Crippen LogP) is 5.15. The number of aromatic carboxylic acids is 1. The molecule has 4 rings (SSSR count). The van der Waals surface area contributed by atoms with Crippen LogP contribution in [0, 0.1) is 12.3 Å². The van der Waals surface area contributed by atoms with Gasteiger partial charge in [0.1, 0.15) is 10.7 Å². The molecular weight excluding hydrogens is 440 g/mol. The van der Waals surface area contributed by atoms with Crippen LogP contribution in [-0.2, 0) is 0 Å². The van der Waals surface area contributed by atoms with Crippen LogP contribution < -0.4 is 15.8 Å². The Morgan fingerprint density at radius 2 is 1.91 bits per heavy atom. The number of carboxylic acids is 1. The number of aromatic nitrogens is 2. The molecule has 1 saturated heterocycles. The molecule has 8 heteroatoms. The average molecular weight is 469 g/mol. The van der Waals surface area contributed by atoms with Crippen LogP contribution in [-0.4, -0.2) is 33.6 Å². The van der Waals surface area contributed by atoms with Gasteiger partial charge in [0.05, 0.1) is 11.6 Å². The van der Waals surface area contributed by atoms with Crippen LogP contribution in [0.15, 0.2) is 41.3 Å². The second-order valence-electron chi connectivity index (χ2n) is 9.59. The molecule has 0 bridgehead atoms. The molecule has 0 amide bonds. The summed E-state index contributed by atoms with van der Waals surface area (Å²) in [5, 5.41) is 12.9. The summed E-state index contributed by atoms with van der Waals surface area (Å²) >= 11 is 6.53. The monoisotopic (exact) mass is 468 g/mol. The van der Waals surface area contributed by atoms with Crippen molar-refractivity contribution in [2.45, 2.75) is 46.6 Å². The number of para-hydroxylation sites is 1. The lowest BCUT2D eigenvalue weighted by atomic mass is 9.83. The van der Waals surface area contributed by atoms with Gasteiger partial charge in [-0.3, -0.25) is 9.20 Å². The maximum absolute atomic E-state index is 13.2. The summed E-state index contributed by atoms with van der Waals surface area (Å²) in [6.45, 7) is 9.90. The molecule has 2 N–H and O–H groups in total. The third-order valence-electron chi connectivity index (χ3n) is 6.43. The largest absolute Gasteiger partial charge is 0.478 e. The number of fused-ring (bicyclic) bond motifs is 1. The van der Waals surface area contributed by atoms with E-state index in [9.17, 15) is 14.7 Å². The Morgan fingerprint density at radius 3 is 2.58 bits per heavy atom. The zero-order valence-electron chi connectivity index (χ0n) is 19.4. The number of pyridine rings is 1. The van der Waals surface area contributed by atoms with Crippen molar-refractivity contribution >= 4 is 34.7 Å². The summed E-state index contributed by atoms with van der Waals surface area (Å²) in [4.78, 5) is 31.8. The molecule has 2 aromatic heterocycles. The van der Waals surface area contributed by atoms with Crippen molar-refractivity contribution in [3.8, 4) is 0 Å². The molecule has 0 radical (unpaired) electrons. The van der Waals surface area contributed by atoms with Crippen molar-refractivity contribution in [3.05, 3.63) is 68.6 Å². The highest BCUT2D eigenvalue weighted by molar-refractivity contribution is 6.32. The molecule has 7 nitrogen and oxygen atoms in total. The number of nitrogens with zero attached hydrogens (tertiary/aromatic N) is 3. The summed E-state index contributed by atoms with van der Waals surface area (Å²) in [7, 11) is 0. The van der Waals surface area contributed by atoms with Gasteiger partial charge in [-0.2, -0.15) is 0 Å². The van der Waals surface area contributed by atoms with E-state index in [1.165, 1.54) is 4.40 Å². The molecule has 0 saturated carbocycles. The minimum absolute atomic E-state index is 0.126. The van der Waals surface area contributed by atoms with E-state index in [4.69, 9.17) is 16.6 Å². The number of nitrogens with one attached hydrogen (secondary N) is 1. The van der Waals surface area contributed by atoms with Crippen molar-refractivity contribution in [2.24, 2.45) is 5.41 Å². The summed E-state index contributed by atoms with van der Waals surface area (Å²) in [5.41, 5.74) is 2.84. The van der Waals surface area contributed by atoms with Crippen LogP contribution in [0.2, 0.25) is 5.02 Å².